The third-order valence-electron chi connectivity index (χ3n) is 1.54. The van der Waals surface area contributed by atoms with Crippen LogP contribution in [-0.4, -0.2) is 36.0 Å². The summed E-state index contributed by atoms with van der Waals surface area (Å²) in [5.74, 6) is -1.04. The Hall–Kier alpha value is -0.870. The zero-order chi connectivity index (χ0) is 10.1. The Morgan fingerprint density at radius 1 is 1.38 bits per heavy atom. The molecular formula is C9H16O4. The quantitative estimate of drug-likeness (QED) is 0.643. The molecule has 1 saturated heterocycles. The molecule has 0 amide bonds. The Kier molecular flexibility index (Phi) is 7.24. The van der Waals surface area contributed by atoms with Crippen molar-refractivity contribution in [3.63, 3.8) is 0 Å². The maximum Gasteiger partial charge on any atom is 0.331 e. The summed E-state index contributed by atoms with van der Waals surface area (Å²) in [4.78, 5) is 9.88. The highest BCUT2D eigenvalue weighted by Gasteiger charge is 2.00. The maximum absolute atomic E-state index is 9.88. The van der Waals surface area contributed by atoms with Gasteiger partial charge in [-0.05, 0) is 12.8 Å². The predicted molar refractivity (Wildman–Crippen MR) is 48.5 cm³/mol. The van der Waals surface area contributed by atoms with E-state index in [2.05, 4.69) is 6.58 Å². The Balaban J connectivity index is 0.000000243. The third-order valence-corrected chi connectivity index (χ3v) is 1.54. The summed E-state index contributed by atoms with van der Waals surface area (Å²) in [6, 6.07) is 0. The fraction of sp³-hybridized carbons (Fsp3) is 0.667. The fourth-order valence-corrected chi connectivity index (χ4v) is 0.752. The summed E-state index contributed by atoms with van der Waals surface area (Å²) in [6.07, 6.45) is 2.70. The Bertz CT molecular complexity index is 153. The number of carboxylic acid groups (broad SMARTS) is 1. The molecule has 0 aromatic rings. The number of aliphatic hydroxyl groups is 1. The van der Waals surface area contributed by atoms with Crippen LogP contribution in [0.4, 0.5) is 0 Å². The number of ether oxygens (including phenoxy) is 1. The second-order valence-corrected chi connectivity index (χ2v) is 2.70. The van der Waals surface area contributed by atoms with Crippen LogP contribution in [0.15, 0.2) is 12.2 Å². The van der Waals surface area contributed by atoms with Gasteiger partial charge in [0.15, 0.2) is 0 Å². The van der Waals surface area contributed by atoms with Crippen molar-refractivity contribution in [2.24, 2.45) is 0 Å². The smallest absolute Gasteiger partial charge is 0.331 e. The molecule has 0 spiro atoms. The molecule has 1 fully saturated rings. The van der Waals surface area contributed by atoms with Crippen LogP contribution in [0.2, 0.25) is 0 Å². The number of hydrogen-bond acceptors (Lipinski definition) is 3. The second-order valence-electron chi connectivity index (χ2n) is 2.70. The topological polar surface area (TPSA) is 66.8 Å². The lowest BCUT2D eigenvalue weighted by Crippen LogP contribution is -2.00. The molecule has 0 unspecified atom stereocenters. The number of aliphatic carboxylic acids is 1. The van der Waals surface area contributed by atoms with E-state index in [1.807, 2.05) is 0 Å². The average Bonchev–Trinajstić information content (AvgIpc) is 2.61. The van der Waals surface area contributed by atoms with Crippen molar-refractivity contribution < 1.29 is 19.7 Å². The van der Waals surface area contributed by atoms with Gasteiger partial charge in [0.25, 0.3) is 0 Å². The van der Waals surface area contributed by atoms with Gasteiger partial charge in [-0.2, -0.15) is 0 Å². The van der Waals surface area contributed by atoms with Crippen LogP contribution in [0.3, 0.4) is 0 Å². The first-order chi connectivity index (χ1) is 6.18. The van der Waals surface area contributed by atoms with E-state index in [1.165, 1.54) is 12.8 Å². The lowest BCUT2D eigenvalue weighted by atomic mass is 10.2. The number of hydrogen-bond donors (Lipinski definition) is 2. The molecular weight excluding hydrogens is 172 g/mol. The Labute approximate surface area is 77.8 Å². The highest BCUT2D eigenvalue weighted by Crippen LogP contribution is 1.98. The summed E-state index contributed by atoms with van der Waals surface area (Å²) in [5.41, 5.74) is 0.0486. The summed E-state index contributed by atoms with van der Waals surface area (Å²) in [7, 11) is 0. The number of aliphatic hydroxyl groups excluding tert-OH is 1. The second kappa shape index (κ2) is 7.76. The molecule has 0 saturated carbocycles. The summed E-state index contributed by atoms with van der Waals surface area (Å²) < 4.78 is 4.94. The minimum atomic E-state index is -1.04. The van der Waals surface area contributed by atoms with Gasteiger partial charge in [0.2, 0.25) is 0 Å². The molecule has 1 aliphatic rings. The normalized spacial score (nSPS) is 14.5. The van der Waals surface area contributed by atoms with Crippen molar-refractivity contribution >= 4 is 5.97 Å². The van der Waals surface area contributed by atoms with Gasteiger partial charge < -0.3 is 14.9 Å². The number of carboxylic acids is 1. The predicted octanol–water partition coefficient (Wildman–Crippen LogP) is 0.806. The van der Waals surface area contributed by atoms with E-state index in [-0.39, 0.29) is 18.6 Å². The first kappa shape index (κ1) is 12.1. The van der Waals surface area contributed by atoms with Crippen LogP contribution >= 0.6 is 0 Å². The van der Waals surface area contributed by atoms with Crippen molar-refractivity contribution in [2.45, 2.75) is 19.3 Å². The monoisotopic (exact) mass is 188 g/mol. The molecule has 0 radical (unpaired) electrons. The molecule has 0 aromatic heterocycles. The van der Waals surface area contributed by atoms with Gasteiger partial charge >= 0.3 is 5.97 Å². The van der Waals surface area contributed by atoms with E-state index in [0.717, 1.165) is 13.2 Å². The summed E-state index contributed by atoms with van der Waals surface area (Å²) in [5, 5.41) is 16.3. The first-order valence-corrected chi connectivity index (χ1v) is 4.28. The van der Waals surface area contributed by atoms with Crippen LogP contribution in [0.25, 0.3) is 0 Å². The Morgan fingerprint density at radius 2 is 1.92 bits per heavy atom. The van der Waals surface area contributed by atoms with Gasteiger partial charge in [-0.3, -0.25) is 0 Å². The lowest BCUT2D eigenvalue weighted by molar-refractivity contribution is -0.132. The SMILES string of the molecule is C1CCOC1.C=C(CCO)C(=O)O. The molecule has 0 bridgehead atoms. The third kappa shape index (κ3) is 7.49. The molecule has 4 nitrogen and oxygen atoms in total. The zero-order valence-electron chi connectivity index (χ0n) is 7.66. The van der Waals surface area contributed by atoms with Crippen molar-refractivity contribution in [1.82, 2.24) is 0 Å². The molecule has 2 N–H and O–H groups in total. The molecule has 0 aliphatic carbocycles. The van der Waals surface area contributed by atoms with Crippen LogP contribution in [0.5, 0.6) is 0 Å². The standard InChI is InChI=1S/C5H8O3.C4H8O/c1-4(2-3-6)5(7)8;1-2-4-5-3-1/h6H,1-3H2,(H,7,8);1-4H2. The largest absolute Gasteiger partial charge is 0.478 e. The van der Waals surface area contributed by atoms with Gasteiger partial charge in [-0.1, -0.05) is 6.58 Å². The van der Waals surface area contributed by atoms with Crippen molar-refractivity contribution in [3.05, 3.63) is 12.2 Å². The fourth-order valence-electron chi connectivity index (χ4n) is 0.752. The molecule has 76 valence electrons. The zero-order valence-corrected chi connectivity index (χ0v) is 7.66. The first-order valence-electron chi connectivity index (χ1n) is 4.28. The molecule has 4 heteroatoms. The van der Waals surface area contributed by atoms with Gasteiger partial charge in [0.1, 0.15) is 0 Å². The average molecular weight is 188 g/mol. The molecule has 1 aliphatic heterocycles. The van der Waals surface area contributed by atoms with E-state index in [1.54, 1.807) is 0 Å². The molecule has 0 aromatic carbocycles. The molecule has 0 atom stereocenters. The Morgan fingerprint density at radius 3 is 2.08 bits per heavy atom. The molecule has 13 heavy (non-hydrogen) atoms. The van der Waals surface area contributed by atoms with E-state index in [4.69, 9.17) is 14.9 Å². The maximum atomic E-state index is 9.88. The van der Waals surface area contributed by atoms with E-state index < -0.39 is 5.97 Å². The van der Waals surface area contributed by atoms with E-state index >= 15 is 0 Å². The van der Waals surface area contributed by atoms with Crippen LogP contribution < -0.4 is 0 Å². The van der Waals surface area contributed by atoms with Gasteiger partial charge in [-0.25, -0.2) is 4.79 Å². The van der Waals surface area contributed by atoms with Crippen molar-refractivity contribution in [2.75, 3.05) is 19.8 Å². The summed E-state index contributed by atoms with van der Waals surface area (Å²) in [6.45, 7) is 5.04. The van der Waals surface area contributed by atoms with Gasteiger partial charge in [0.05, 0.1) is 0 Å². The minimum Gasteiger partial charge on any atom is -0.478 e. The lowest BCUT2D eigenvalue weighted by Gasteiger charge is -1.91. The van der Waals surface area contributed by atoms with Crippen LogP contribution in [-0.2, 0) is 9.53 Å². The van der Waals surface area contributed by atoms with Crippen LogP contribution in [0.1, 0.15) is 19.3 Å². The molecule has 1 heterocycles. The van der Waals surface area contributed by atoms with Crippen molar-refractivity contribution in [3.8, 4) is 0 Å². The van der Waals surface area contributed by atoms with Crippen LogP contribution in [0, 0.1) is 0 Å². The number of rotatable bonds is 3. The highest BCUT2D eigenvalue weighted by molar-refractivity contribution is 5.85. The highest BCUT2D eigenvalue weighted by atomic mass is 16.5. The minimum absolute atomic E-state index is 0.0486. The van der Waals surface area contributed by atoms with E-state index in [9.17, 15) is 4.79 Å². The van der Waals surface area contributed by atoms with Gasteiger partial charge in [0, 0.05) is 31.8 Å². The summed E-state index contributed by atoms with van der Waals surface area (Å²) >= 11 is 0. The van der Waals surface area contributed by atoms with E-state index in [0.29, 0.717) is 0 Å². The molecule has 1 rings (SSSR count). The number of carbonyl (C=O) groups is 1. The van der Waals surface area contributed by atoms with Crippen molar-refractivity contribution in [1.29, 1.82) is 0 Å². The van der Waals surface area contributed by atoms with Gasteiger partial charge in [-0.15, -0.1) is 0 Å².